The van der Waals surface area contributed by atoms with E-state index < -0.39 is 36.5 Å². The molecule has 2 aromatic rings. The zero-order chi connectivity index (χ0) is 21.5. The molecule has 158 valence electrons. The Morgan fingerprint density at radius 2 is 1.76 bits per heavy atom. The Morgan fingerprint density at radius 3 is 2.34 bits per heavy atom. The minimum Gasteiger partial charge on any atom is -0.374 e. The minimum atomic E-state index is -4.96. The van der Waals surface area contributed by atoms with Crippen molar-refractivity contribution in [2.24, 2.45) is 7.05 Å². The molecule has 0 bridgehead atoms. The average Bonchev–Trinajstić information content (AvgIpc) is 3.08. The van der Waals surface area contributed by atoms with Gasteiger partial charge in [0, 0.05) is 45.4 Å². The van der Waals surface area contributed by atoms with Gasteiger partial charge >= 0.3 is 6.18 Å². The SMILES string of the molecule is Cn1ccnc1C(O)(CCNC(=O)CCNC(=O)Cc1ccccc1)C(F)(F)F. The van der Waals surface area contributed by atoms with Crippen molar-refractivity contribution in [3.63, 3.8) is 0 Å². The number of carbonyl (C=O) groups is 2. The summed E-state index contributed by atoms with van der Waals surface area (Å²) in [6.45, 7) is -0.347. The third kappa shape index (κ3) is 6.05. The van der Waals surface area contributed by atoms with Gasteiger partial charge in [-0.15, -0.1) is 0 Å². The lowest BCUT2D eigenvalue weighted by Gasteiger charge is -2.30. The lowest BCUT2D eigenvalue weighted by molar-refractivity contribution is -0.272. The van der Waals surface area contributed by atoms with E-state index in [4.69, 9.17) is 0 Å². The van der Waals surface area contributed by atoms with Crippen molar-refractivity contribution in [1.82, 2.24) is 20.2 Å². The molecule has 1 atom stereocenters. The van der Waals surface area contributed by atoms with Gasteiger partial charge in [0.25, 0.3) is 0 Å². The normalized spacial score (nSPS) is 13.6. The molecule has 3 N–H and O–H groups in total. The number of halogens is 3. The van der Waals surface area contributed by atoms with Gasteiger partial charge in [0.2, 0.25) is 17.4 Å². The Morgan fingerprint density at radius 1 is 1.10 bits per heavy atom. The van der Waals surface area contributed by atoms with Crippen molar-refractivity contribution in [3.05, 3.63) is 54.1 Å². The highest BCUT2D eigenvalue weighted by Crippen LogP contribution is 2.40. The van der Waals surface area contributed by atoms with Crippen molar-refractivity contribution in [2.75, 3.05) is 13.1 Å². The van der Waals surface area contributed by atoms with E-state index in [1.807, 2.05) is 18.2 Å². The van der Waals surface area contributed by atoms with Crippen LogP contribution in [0.15, 0.2) is 42.7 Å². The summed E-state index contributed by atoms with van der Waals surface area (Å²) in [5.74, 6) is -1.34. The summed E-state index contributed by atoms with van der Waals surface area (Å²) in [5.41, 5.74) is -2.35. The molecule has 1 aromatic heterocycles. The number of nitrogens with zero attached hydrogens (tertiary/aromatic N) is 2. The maximum Gasteiger partial charge on any atom is 0.424 e. The fourth-order valence-corrected chi connectivity index (χ4v) is 2.77. The van der Waals surface area contributed by atoms with Gasteiger partial charge in [0.15, 0.2) is 0 Å². The predicted octanol–water partition coefficient (Wildman–Crippen LogP) is 1.43. The zero-order valence-corrected chi connectivity index (χ0v) is 15.9. The highest BCUT2D eigenvalue weighted by atomic mass is 19.4. The highest BCUT2D eigenvalue weighted by molar-refractivity contribution is 5.80. The molecule has 7 nitrogen and oxygen atoms in total. The number of aromatic nitrogens is 2. The molecule has 1 heterocycles. The van der Waals surface area contributed by atoms with Crippen LogP contribution in [0.4, 0.5) is 13.2 Å². The van der Waals surface area contributed by atoms with Crippen LogP contribution >= 0.6 is 0 Å². The first-order valence-corrected chi connectivity index (χ1v) is 8.97. The lowest BCUT2D eigenvalue weighted by Crippen LogP contribution is -2.46. The van der Waals surface area contributed by atoms with E-state index in [9.17, 15) is 27.9 Å². The number of aryl methyl sites for hydroxylation is 1. The summed E-state index contributed by atoms with van der Waals surface area (Å²) in [4.78, 5) is 27.2. The Kier molecular flexibility index (Phi) is 7.38. The van der Waals surface area contributed by atoms with Gasteiger partial charge in [0.05, 0.1) is 6.42 Å². The molecule has 0 aliphatic rings. The monoisotopic (exact) mass is 412 g/mol. The molecule has 2 amide bonds. The molecule has 0 aliphatic heterocycles. The van der Waals surface area contributed by atoms with E-state index in [-0.39, 0.29) is 25.3 Å². The number of alkyl halides is 3. The van der Waals surface area contributed by atoms with Crippen LogP contribution in [0, 0.1) is 0 Å². The molecule has 0 saturated heterocycles. The maximum absolute atomic E-state index is 13.4. The van der Waals surface area contributed by atoms with Crippen LogP contribution in [0.5, 0.6) is 0 Å². The fourth-order valence-electron chi connectivity index (χ4n) is 2.77. The summed E-state index contributed by atoms with van der Waals surface area (Å²) < 4.78 is 41.2. The number of imidazole rings is 1. The summed E-state index contributed by atoms with van der Waals surface area (Å²) in [6.07, 6.45) is -3.21. The molecule has 0 radical (unpaired) electrons. The number of benzene rings is 1. The number of amides is 2. The first kappa shape index (κ1) is 22.4. The molecular weight excluding hydrogens is 389 g/mol. The van der Waals surface area contributed by atoms with E-state index in [1.165, 1.54) is 13.2 Å². The predicted molar refractivity (Wildman–Crippen MR) is 98.6 cm³/mol. The van der Waals surface area contributed by atoms with Gasteiger partial charge in [-0.1, -0.05) is 30.3 Å². The fraction of sp³-hybridized carbons (Fsp3) is 0.421. The Balaban J connectivity index is 1.77. The summed E-state index contributed by atoms with van der Waals surface area (Å²) >= 11 is 0. The van der Waals surface area contributed by atoms with Gasteiger partial charge in [-0.05, 0) is 5.56 Å². The third-order valence-corrected chi connectivity index (χ3v) is 4.35. The minimum absolute atomic E-state index is 0.0560. The second kappa shape index (κ2) is 9.55. The number of carbonyl (C=O) groups excluding carboxylic acids is 2. The summed E-state index contributed by atoms with van der Waals surface area (Å²) in [7, 11) is 1.34. The van der Waals surface area contributed by atoms with Gasteiger partial charge in [-0.25, -0.2) is 4.98 Å². The van der Waals surface area contributed by atoms with Gasteiger partial charge in [0.1, 0.15) is 5.82 Å². The molecule has 10 heteroatoms. The van der Waals surface area contributed by atoms with Gasteiger partial charge in [-0.2, -0.15) is 13.2 Å². The number of aliphatic hydroxyl groups is 1. The Bertz CT molecular complexity index is 824. The van der Waals surface area contributed by atoms with Crippen LogP contribution in [0.1, 0.15) is 24.2 Å². The topological polar surface area (TPSA) is 96.2 Å². The van der Waals surface area contributed by atoms with Gasteiger partial charge in [-0.3, -0.25) is 9.59 Å². The Labute approximate surface area is 165 Å². The van der Waals surface area contributed by atoms with Crippen molar-refractivity contribution in [1.29, 1.82) is 0 Å². The Hall–Kier alpha value is -2.88. The van der Waals surface area contributed by atoms with Crippen LogP contribution < -0.4 is 10.6 Å². The van der Waals surface area contributed by atoms with Crippen LogP contribution in [0.2, 0.25) is 0 Å². The molecule has 2 rings (SSSR count). The molecule has 0 fully saturated rings. The van der Waals surface area contributed by atoms with Gasteiger partial charge < -0.3 is 20.3 Å². The van der Waals surface area contributed by atoms with E-state index in [0.29, 0.717) is 0 Å². The molecule has 1 unspecified atom stereocenters. The summed E-state index contributed by atoms with van der Waals surface area (Å²) in [6, 6.07) is 9.05. The van der Waals surface area contributed by atoms with E-state index in [0.717, 1.165) is 16.3 Å². The van der Waals surface area contributed by atoms with Crippen molar-refractivity contribution < 1.29 is 27.9 Å². The second-order valence-electron chi connectivity index (χ2n) is 6.58. The van der Waals surface area contributed by atoms with Crippen molar-refractivity contribution in [3.8, 4) is 0 Å². The quantitative estimate of drug-likeness (QED) is 0.581. The first-order chi connectivity index (χ1) is 13.6. The van der Waals surface area contributed by atoms with E-state index in [2.05, 4.69) is 15.6 Å². The second-order valence-corrected chi connectivity index (χ2v) is 6.58. The zero-order valence-electron chi connectivity index (χ0n) is 15.9. The molecule has 0 spiro atoms. The number of rotatable bonds is 9. The molecule has 1 aromatic carbocycles. The smallest absolute Gasteiger partial charge is 0.374 e. The standard InChI is InChI=1S/C19H23F3N4O3/c1-26-12-11-25-17(26)18(29,19(20,21)22)8-10-24-15(27)7-9-23-16(28)13-14-5-3-2-4-6-14/h2-6,11-12,29H,7-10,13H2,1H3,(H,23,28)(H,24,27). The molecule has 0 aliphatic carbocycles. The first-order valence-electron chi connectivity index (χ1n) is 8.97. The number of hydrogen-bond donors (Lipinski definition) is 3. The third-order valence-electron chi connectivity index (χ3n) is 4.35. The molecule has 29 heavy (non-hydrogen) atoms. The average molecular weight is 412 g/mol. The van der Waals surface area contributed by atoms with E-state index in [1.54, 1.807) is 12.1 Å². The summed E-state index contributed by atoms with van der Waals surface area (Å²) in [5, 5.41) is 15.1. The largest absolute Gasteiger partial charge is 0.424 e. The molecule has 0 saturated carbocycles. The van der Waals surface area contributed by atoms with Crippen molar-refractivity contribution >= 4 is 11.8 Å². The maximum atomic E-state index is 13.4. The number of nitrogens with one attached hydrogen (secondary N) is 2. The van der Waals surface area contributed by atoms with Crippen molar-refractivity contribution in [2.45, 2.75) is 31.0 Å². The number of hydrogen-bond acceptors (Lipinski definition) is 4. The van der Waals surface area contributed by atoms with Crippen LogP contribution in [-0.4, -0.2) is 45.7 Å². The van der Waals surface area contributed by atoms with Crippen LogP contribution in [-0.2, 0) is 28.7 Å². The lowest BCUT2D eigenvalue weighted by atomic mass is 9.97. The highest BCUT2D eigenvalue weighted by Gasteiger charge is 2.57. The molecular formula is C19H23F3N4O3. The van der Waals surface area contributed by atoms with E-state index >= 15 is 0 Å². The van der Waals surface area contributed by atoms with Crippen LogP contribution in [0.3, 0.4) is 0 Å². The van der Waals surface area contributed by atoms with Crippen LogP contribution in [0.25, 0.3) is 0 Å².